The Hall–Kier alpha value is -9.76. The molecule has 17 rings (SSSR count). The van der Waals surface area contributed by atoms with Crippen molar-refractivity contribution < 1.29 is 4.74 Å². The highest BCUT2D eigenvalue weighted by molar-refractivity contribution is 5.96. The van der Waals surface area contributed by atoms with E-state index >= 15 is 0 Å². The largest absolute Gasteiger partial charge is 0.453 e. The molecule has 0 aromatic heterocycles. The molecule has 0 spiro atoms. The van der Waals surface area contributed by atoms with E-state index in [9.17, 15) is 0 Å². The smallest absolute Gasteiger partial charge is 0.152 e. The van der Waals surface area contributed by atoms with E-state index in [0.29, 0.717) is 0 Å². The van der Waals surface area contributed by atoms with Gasteiger partial charge in [0.05, 0.1) is 17.1 Å². The van der Waals surface area contributed by atoms with Crippen LogP contribution in [0.15, 0.2) is 243 Å². The number of benzene rings is 12. The molecule has 0 fully saturated rings. The SMILES string of the molecule is CCCCCCCCC1(CCCCCCCC)c2ccccc2-c2ccc(-c3ccc4c(c3)C(C)(C)c3cc(-c5ccc6c(c5)C(C)(C)c5cc(-c7ccc8c(c7)Oc7cc(-c9ccc%10c(c9)C(C)(C)c9cc(C)ccc9-%10)ccc7N8c7ccccc7-c7ccccc7)ccc5-6)ccc3-4)cc21. The third-order valence-electron chi connectivity index (χ3n) is 24.6. The maximum atomic E-state index is 7.25. The second-order valence-electron chi connectivity index (χ2n) is 31.8. The van der Waals surface area contributed by atoms with E-state index in [2.05, 4.69) is 310 Å². The molecule has 5 aliphatic rings. The van der Waals surface area contributed by atoms with Crippen LogP contribution in [0, 0.1) is 6.92 Å². The van der Waals surface area contributed by atoms with E-state index in [1.807, 2.05) is 0 Å². The first-order valence-electron chi connectivity index (χ1n) is 38.2. The molecule has 101 heavy (non-hydrogen) atoms. The van der Waals surface area contributed by atoms with Crippen LogP contribution in [0.25, 0.3) is 100 Å². The fourth-order valence-electron chi connectivity index (χ4n) is 18.9. The number of unbranched alkanes of at least 4 members (excludes halogenated alkanes) is 10. The van der Waals surface area contributed by atoms with Gasteiger partial charge in [-0.05, 0) is 226 Å². The first kappa shape index (κ1) is 64.6. The summed E-state index contributed by atoms with van der Waals surface area (Å²) in [5, 5.41) is 0. The summed E-state index contributed by atoms with van der Waals surface area (Å²) in [5.41, 5.74) is 38.5. The molecule has 4 aliphatic carbocycles. The van der Waals surface area contributed by atoms with Crippen LogP contribution >= 0.6 is 0 Å². The summed E-state index contributed by atoms with van der Waals surface area (Å²) in [6.07, 6.45) is 18.4. The molecular formula is C99H95NO. The summed E-state index contributed by atoms with van der Waals surface area (Å²) in [6.45, 7) is 21.4. The maximum absolute atomic E-state index is 7.25. The third kappa shape index (κ3) is 10.8. The summed E-state index contributed by atoms with van der Waals surface area (Å²) >= 11 is 0. The molecular weight excluding hydrogens is 1220 g/mol. The normalized spacial score (nSPS) is 15.1. The third-order valence-corrected chi connectivity index (χ3v) is 24.6. The summed E-state index contributed by atoms with van der Waals surface area (Å²) in [7, 11) is 0. The van der Waals surface area contributed by atoms with Crippen molar-refractivity contribution in [1.29, 1.82) is 0 Å². The van der Waals surface area contributed by atoms with Gasteiger partial charge in [0.1, 0.15) is 0 Å². The van der Waals surface area contributed by atoms with Gasteiger partial charge in [-0.15, -0.1) is 0 Å². The molecule has 0 atom stereocenters. The number of hydrogen-bond acceptors (Lipinski definition) is 2. The van der Waals surface area contributed by atoms with Crippen LogP contribution in [-0.4, -0.2) is 0 Å². The Labute approximate surface area is 601 Å². The van der Waals surface area contributed by atoms with Gasteiger partial charge in [-0.2, -0.15) is 0 Å². The molecule has 0 unspecified atom stereocenters. The minimum atomic E-state index is -0.242. The van der Waals surface area contributed by atoms with Crippen LogP contribution in [0.1, 0.15) is 195 Å². The second kappa shape index (κ2) is 25.4. The zero-order chi connectivity index (χ0) is 68.9. The van der Waals surface area contributed by atoms with Crippen LogP contribution < -0.4 is 9.64 Å². The maximum Gasteiger partial charge on any atom is 0.152 e. The van der Waals surface area contributed by atoms with Crippen molar-refractivity contribution >= 4 is 17.1 Å². The lowest BCUT2D eigenvalue weighted by Crippen LogP contribution is -2.25. The van der Waals surface area contributed by atoms with E-state index in [1.165, 1.54) is 212 Å². The van der Waals surface area contributed by atoms with Crippen LogP contribution in [0.5, 0.6) is 11.5 Å². The van der Waals surface area contributed by atoms with E-state index < -0.39 is 0 Å². The molecule has 0 amide bonds. The Bertz CT molecular complexity index is 5230. The Morgan fingerprint density at radius 2 is 0.584 bits per heavy atom. The van der Waals surface area contributed by atoms with Crippen LogP contribution in [-0.2, 0) is 21.7 Å². The zero-order valence-corrected chi connectivity index (χ0v) is 60.8. The zero-order valence-electron chi connectivity index (χ0n) is 60.8. The number of anilines is 3. The molecule has 2 nitrogen and oxygen atoms in total. The summed E-state index contributed by atoms with van der Waals surface area (Å²) in [5.74, 6) is 1.66. The summed E-state index contributed by atoms with van der Waals surface area (Å²) in [6, 6.07) is 93.3. The summed E-state index contributed by atoms with van der Waals surface area (Å²) in [4.78, 5) is 2.41. The van der Waals surface area contributed by atoms with Gasteiger partial charge in [-0.1, -0.05) is 314 Å². The molecule has 0 bridgehead atoms. The highest BCUT2D eigenvalue weighted by Gasteiger charge is 2.44. The molecule has 1 heterocycles. The quantitative estimate of drug-likeness (QED) is 0.0705. The molecule has 502 valence electrons. The molecule has 12 aromatic rings. The Morgan fingerprint density at radius 3 is 1.03 bits per heavy atom. The van der Waals surface area contributed by atoms with Gasteiger partial charge in [-0.3, -0.25) is 0 Å². The lowest BCUT2D eigenvalue weighted by atomic mass is 9.70. The Balaban J connectivity index is 0.662. The average Bonchev–Trinajstić information content (AvgIpc) is 1.53. The summed E-state index contributed by atoms with van der Waals surface area (Å²) < 4.78 is 7.25. The number of rotatable bonds is 20. The van der Waals surface area contributed by atoms with Gasteiger partial charge in [0.15, 0.2) is 11.5 Å². The fraction of sp³-hybridized carbons (Fsp3) is 0.273. The van der Waals surface area contributed by atoms with Crippen molar-refractivity contribution in [2.24, 2.45) is 0 Å². The van der Waals surface area contributed by atoms with Crippen LogP contribution in [0.3, 0.4) is 0 Å². The van der Waals surface area contributed by atoms with E-state index in [1.54, 1.807) is 11.1 Å². The van der Waals surface area contributed by atoms with Crippen molar-refractivity contribution in [3.63, 3.8) is 0 Å². The van der Waals surface area contributed by atoms with Gasteiger partial charge >= 0.3 is 0 Å². The Kier molecular flexibility index (Phi) is 16.2. The van der Waals surface area contributed by atoms with Crippen molar-refractivity contribution in [3.8, 4) is 112 Å². The highest BCUT2D eigenvalue weighted by Crippen LogP contribution is 2.60. The molecule has 1 aliphatic heterocycles. The number of hydrogen-bond donors (Lipinski definition) is 0. The first-order valence-corrected chi connectivity index (χ1v) is 38.2. The van der Waals surface area contributed by atoms with Gasteiger partial charge < -0.3 is 9.64 Å². The van der Waals surface area contributed by atoms with Gasteiger partial charge in [0.2, 0.25) is 0 Å². The van der Waals surface area contributed by atoms with Gasteiger partial charge in [0.25, 0.3) is 0 Å². The fourth-order valence-corrected chi connectivity index (χ4v) is 18.9. The molecule has 0 saturated heterocycles. The van der Waals surface area contributed by atoms with Gasteiger partial charge in [0, 0.05) is 27.2 Å². The molecule has 0 N–H and O–H groups in total. The van der Waals surface area contributed by atoms with Crippen LogP contribution in [0.4, 0.5) is 17.1 Å². The Morgan fingerprint density at radius 1 is 0.257 bits per heavy atom. The second-order valence-corrected chi connectivity index (χ2v) is 31.8. The molecule has 12 aromatic carbocycles. The lowest BCUT2D eigenvalue weighted by molar-refractivity contribution is 0.398. The first-order chi connectivity index (χ1) is 49.1. The topological polar surface area (TPSA) is 12.5 Å². The van der Waals surface area contributed by atoms with E-state index in [-0.39, 0.29) is 21.7 Å². The van der Waals surface area contributed by atoms with E-state index in [4.69, 9.17) is 4.74 Å². The molecule has 2 heteroatoms. The molecule has 0 saturated carbocycles. The molecule has 0 radical (unpaired) electrons. The van der Waals surface area contributed by atoms with Crippen molar-refractivity contribution in [2.75, 3.05) is 4.90 Å². The van der Waals surface area contributed by atoms with Crippen molar-refractivity contribution in [2.45, 2.75) is 174 Å². The number of para-hydroxylation sites is 1. The highest BCUT2D eigenvalue weighted by atomic mass is 16.5. The standard InChI is InChI=1S/C99H95NO/c1-10-12-14-16-18-27-53-99(54-28-19-17-15-13-11-2)83-33-25-23-32-75(83)82-50-41-71(61-90(82)99)68-38-47-80-78-45-36-66(56-86(78)97(6,7)88(80)58-68)67-37-46-79-81-49-40-70(60-89(81)98(8,9)87(79)57-67)73-43-52-93-95(63-73)101-94-62-72(69-39-48-77-76-44-35-64(3)55-84(76)96(4,5)85(77)59-69)42-51-92(94)100(93)91-34-26-24-31-74(91)65-29-21-20-22-30-65/h20-26,29-52,55-63H,10-19,27-28,53-54H2,1-9H3. The number of ether oxygens (including phenoxy) is 1. The van der Waals surface area contributed by atoms with Crippen LogP contribution in [0.2, 0.25) is 0 Å². The van der Waals surface area contributed by atoms with E-state index in [0.717, 1.165) is 45.3 Å². The minimum absolute atomic E-state index is 0.0517. The number of nitrogens with zero attached hydrogens (tertiary/aromatic N) is 1. The average molecular weight is 1310 g/mol. The number of aryl methyl sites for hydroxylation is 1. The minimum Gasteiger partial charge on any atom is -0.453 e. The van der Waals surface area contributed by atoms with Gasteiger partial charge in [-0.25, -0.2) is 0 Å². The monoisotopic (exact) mass is 1310 g/mol. The van der Waals surface area contributed by atoms with Crippen molar-refractivity contribution in [3.05, 3.63) is 293 Å². The lowest BCUT2D eigenvalue weighted by Gasteiger charge is -2.34. The van der Waals surface area contributed by atoms with Crippen molar-refractivity contribution in [1.82, 2.24) is 0 Å². The predicted octanol–water partition coefficient (Wildman–Crippen LogP) is 28.6. The predicted molar refractivity (Wildman–Crippen MR) is 428 cm³/mol. The number of fused-ring (bicyclic) bond motifs is 14.